The Morgan fingerprint density at radius 1 is 1.32 bits per heavy atom. The summed E-state index contributed by atoms with van der Waals surface area (Å²) < 4.78 is 14.6. The molecule has 0 aliphatic heterocycles. The molecule has 112 valence electrons. The summed E-state index contributed by atoms with van der Waals surface area (Å²) in [7, 11) is 0. The summed E-state index contributed by atoms with van der Waals surface area (Å²) in [5, 5.41) is 3.16. The molecule has 0 aliphatic carbocycles. The second kappa shape index (κ2) is 6.46. The predicted molar refractivity (Wildman–Crippen MR) is 90.0 cm³/mol. The minimum atomic E-state index is -0.254. The fourth-order valence-corrected chi connectivity index (χ4v) is 3.83. The van der Waals surface area contributed by atoms with Crippen molar-refractivity contribution in [2.24, 2.45) is 0 Å². The summed E-state index contributed by atoms with van der Waals surface area (Å²) >= 11 is 2.92. The molecule has 3 rings (SSSR count). The van der Waals surface area contributed by atoms with Gasteiger partial charge in [-0.15, -0.1) is 17.9 Å². The number of rotatable bonds is 5. The van der Waals surface area contributed by atoms with Crippen molar-refractivity contribution in [3.8, 4) is 0 Å². The third-order valence-electron chi connectivity index (χ3n) is 3.14. The molecule has 2 aromatic heterocycles. The fourth-order valence-electron chi connectivity index (χ4n) is 2.06. The predicted octanol–water partition coefficient (Wildman–Crippen LogP) is 4.08. The van der Waals surface area contributed by atoms with Crippen LogP contribution in [0.5, 0.6) is 0 Å². The smallest absolute Gasteiger partial charge is 0.263 e. The van der Waals surface area contributed by atoms with Crippen molar-refractivity contribution < 1.29 is 4.39 Å². The molecule has 0 radical (unpaired) electrons. The largest absolute Gasteiger partial charge is 0.283 e. The average Bonchev–Trinajstić information content (AvgIpc) is 2.99. The van der Waals surface area contributed by atoms with Crippen molar-refractivity contribution in [1.82, 2.24) is 9.55 Å². The number of hydrogen-bond donors (Lipinski definition) is 0. The summed E-state index contributed by atoms with van der Waals surface area (Å²) in [5.74, 6) is 0.372. The molecule has 3 nitrogen and oxygen atoms in total. The zero-order valence-electron chi connectivity index (χ0n) is 11.7. The van der Waals surface area contributed by atoms with Gasteiger partial charge in [0, 0.05) is 12.3 Å². The van der Waals surface area contributed by atoms with Crippen LogP contribution in [-0.4, -0.2) is 9.55 Å². The van der Waals surface area contributed by atoms with E-state index in [1.165, 1.54) is 35.2 Å². The monoisotopic (exact) mass is 332 g/mol. The Hall–Kier alpha value is -1.92. The minimum Gasteiger partial charge on any atom is -0.283 e. The minimum absolute atomic E-state index is 0.0484. The van der Waals surface area contributed by atoms with Gasteiger partial charge in [-0.1, -0.05) is 30.0 Å². The van der Waals surface area contributed by atoms with Gasteiger partial charge in [0.1, 0.15) is 10.6 Å². The zero-order chi connectivity index (χ0) is 15.5. The van der Waals surface area contributed by atoms with E-state index in [0.717, 1.165) is 10.4 Å². The first-order valence-corrected chi connectivity index (χ1v) is 8.52. The Labute approximate surface area is 135 Å². The second-order valence-electron chi connectivity index (χ2n) is 4.65. The summed E-state index contributed by atoms with van der Waals surface area (Å²) in [4.78, 5) is 17.8. The van der Waals surface area contributed by atoms with Gasteiger partial charge >= 0.3 is 0 Å². The maximum Gasteiger partial charge on any atom is 0.263 e. The Bertz CT molecular complexity index is 868. The molecule has 0 amide bonds. The van der Waals surface area contributed by atoms with Crippen LogP contribution >= 0.6 is 23.1 Å². The van der Waals surface area contributed by atoms with Crippen LogP contribution in [0, 0.1) is 5.82 Å². The van der Waals surface area contributed by atoms with Gasteiger partial charge in [-0.25, -0.2) is 9.37 Å². The fraction of sp³-hybridized carbons (Fsp3) is 0.125. The number of thioether (sulfide) groups is 1. The molecule has 3 aromatic rings. The second-order valence-corrected chi connectivity index (χ2v) is 6.49. The summed E-state index contributed by atoms with van der Waals surface area (Å²) in [5.41, 5.74) is 0.935. The van der Waals surface area contributed by atoms with Gasteiger partial charge in [0.15, 0.2) is 5.16 Å². The highest BCUT2D eigenvalue weighted by Crippen LogP contribution is 2.24. The number of halogens is 1. The molecule has 0 spiro atoms. The van der Waals surface area contributed by atoms with Crippen LogP contribution in [-0.2, 0) is 12.3 Å². The highest BCUT2D eigenvalue weighted by atomic mass is 32.2. The van der Waals surface area contributed by atoms with Crippen LogP contribution in [0.25, 0.3) is 10.2 Å². The van der Waals surface area contributed by atoms with Crippen molar-refractivity contribution in [3.05, 3.63) is 70.1 Å². The molecule has 22 heavy (non-hydrogen) atoms. The van der Waals surface area contributed by atoms with Crippen LogP contribution in [0.1, 0.15) is 5.56 Å². The maximum absolute atomic E-state index is 12.9. The molecule has 0 unspecified atom stereocenters. The average molecular weight is 332 g/mol. The normalized spacial score (nSPS) is 11.0. The van der Waals surface area contributed by atoms with Gasteiger partial charge in [-0.3, -0.25) is 9.36 Å². The van der Waals surface area contributed by atoms with Crippen molar-refractivity contribution in [3.63, 3.8) is 0 Å². The number of aromatic nitrogens is 2. The molecular weight excluding hydrogens is 319 g/mol. The van der Waals surface area contributed by atoms with Crippen LogP contribution in [0.15, 0.2) is 58.3 Å². The van der Waals surface area contributed by atoms with E-state index >= 15 is 0 Å². The molecule has 0 fully saturated rings. The Morgan fingerprint density at radius 3 is 2.82 bits per heavy atom. The lowest BCUT2D eigenvalue weighted by atomic mass is 10.2. The highest BCUT2D eigenvalue weighted by Gasteiger charge is 2.11. The first-order chi connectivity index (χ1) is 10.7. The van der Waals surface area contributed by atoms with Crippen LogP contribution in [0.4, 0.5) is 4.39 Å². The lowest BCUT2D eigenvalue weighted by molar-refractivity contribution is 0.627. The molecule has 0 saturated heterocycles. The van der Waals surface area contributed by atoms with E-state index in [1.807, 2.05) is 5.38 Å². The topological polar surface area (TPSA) is 34.9 Å². The first kappa shape index (κ1) is 15.0. The third-order valence-corrected chi connectivity index (χ3v) is 5.00. The van der Waals surface area contributed by atoms with Gasteiger partial charge in [-0.05, 0) is 29.1 Å². The highest BCUT2D eigenvalue weighted by molar-refractivity contribution is 7.98. The molecule has 0 N–H and O–H groups in total. The van der Waals surface area contributed by atoms with E-state index in [1.54, 1.807) is 28.8 Å². The van der Waals surface area contributed by atoms with Crippen LogP contribution < -0.4 is 5.56 Å². The van der Waals surface area contributed by atoms with Gasteiger partial charge in [0.05, 0.1) is 5.39 Å². The SMILES string of the molecule is C=CCn1c(SCc2ccc(F)cc2)nc2sccc2c1=O. The lowest BCUT2D eigenvalue weighted by Gasteiger charge is -2.10. The quantitative estimate of drug-likeness (QED) is 0.401. The van der Waals surface area contributed by atoms with E-state index in [9.17, 15) is 9.18 Å². The van der Waals surface area contributed by atoms with Crippen molar-refractivity contribution in [1.29, 1.82) is 0 Å². The van der Waals surface area contributed by atoms with E-state index in [-0.39, 0.29) is 11.4 Å². The number of hydrogen-bond acceptors (Lipinski definition) is 4. The number of allylic oxidation sites excluding steroid dienone is 1. The van der Waals surface area contributed by atoms with Gasteiger partial charge < -0.3 is 0 Å². The molecule has 2 heterocycles. The Morgan fingerprint density at radius 2 is 2.09 bits per heavy atom. The molecule has 6 heteroatoms. The van der Waals surface area contributed by atoms with Gasteiger partial charge in [0.2, 0.25) is 0 Å². The van der Waals surface area contributed by atoms with Crippen LogP contribution in [0.3, 0.4) is 0 Å². The standard InChI is InChI=1S/C16H13FN2OS2/c1-2-8-19-15(20)13-7-9-21-14(13)18-16(19)22-10-11-3-5-12(17)6-4-11/h2-7,9H,1,8,10H2. The Kier molecular flexibility index (Phi) is 4.40. The van der Waals surface area contributed by atoms with E-state index in [0.29, 0.717) is 22.8 Å². The number of fused-ring (bicyclic) bond motifs is 1. The molecule has 0 saturated carbocycles. The summed E-state index contributed by atoms with van der Waals surface area (Å²) in [6.45, 7) is 4.12. The number of benzene rings is 1. The molecular formula is C16H13FN2OS2. The summed E-state index contributed by atoms with van der Waals surface area (Å²) in [6, 6.07) is 8.14. The third kappa shape index (κ3) is 2.98. The van der Waals surface area contributed by atoms with E-state index in [4.69, 9.17) is 0 Å². The molecule has 1 aromatic carbocycles. The van der Waals surface area contributed by atoms with Crippen molar-refractivity contribution in [2.75, 3.05) is 0 Å². The maximum atomic E-state index is 12.9. The van der Waals surface area contributed by atoms with Crippen LogP contribution in [0.2, 0.25) is 0 Å². The molecule has 0 atom stereocenters. The van der Waals surface area contributed by atoms with E-state index in [2.05, 4.69) is 11.6 Å². The number of nitrogens with zero attached hydrogens (tertiary/aromatic N) is 2. The molecule has 0 aliphatic rings. The first-order valence-electron chi connectivity index (χ1n) is 6.65. The van der Waals surface area contributed by atoms with Crippen molar-refractivity contribution in [2.45, 2.75) is 17.5 Å². The van der Waals surface area contributed by atoms with Crippen molar-refractivity contribution >= 4 is 33.3 Å². The Balaban J connectivity index is 1.94. The lowest BCUT2D eigenvalue weighted by Crippen LogP contribution is -2.22. The van der Waals surface area contributed by atoms with Gasteiger partial charge in [0.25, 0.3) is 5.56 Å². The summed E-state index contributed by atoms with van der Waals surface area (Å²) in [6.07, 6.45) is 1.68. The molecule has 0 bridgehead atoms. The van der Waals surface area contributed by atoms with E-state index < -0.39 is 0 Å². The zero-order valence-corrected chi connectivity index (χ0v) is 13.3. The van der Waals surface area contributed by atoms with Gasteiger partial charge in [-0.2, -0.15) is 0 Å². The number of thiophene rings is 1.